The zero-order valence-corrected chi connectivity index (χ0v) is 34.8. The Morgan fingerprint density at radius 2 is 1.52 bits per heavy atom. The second-order valence-corrected chi connectivity index (χ2v) is 21.1. The molecule has 0 aromatic heterocycles. The summed E-state index contributed by atoms with van der Waals surface area (Å²) in [7, 11) is 0. The van der Waals surface area contributed by atoms with Gasteiger partial charge in [0.1, 0.15) is 6.10 Å². The lowest BCUT2D eigenvalue weighted by Crippen LogP contribution is -2.66. The van der Waals surface area contributed by atoms with E-state index in [1.807, 2.05) is 45.0 Å². The third-order valence-electron chi connectivity index (χ3n) is 17.8. The minimum Gasteiger partial charge on any atom is -0.481 e. The number of ether oxygens (including phenoxy) is 1. The van der Waals surface area contributed by atoms with Gasteiger partial charge in [0.25, 0.3) is 5.91 Å². The van der Waals surface area contributed by atoms with Crippen molar-refractivity contribution in [2.75, 3.05) is 6.54 Å². The van der Waals surface area contributed by atoms with Crippen LogP contribution >= 0.6 is 0 Å². The van der Waals surface area contributed by atoms with E-state index in [9.17, 15) is 24.3 Å². The molecular formula is C47H67NO6. The topological polar surface area (TPSA) is 110 Å². The molecule has 7 rings (SSSR count). The second kappa shape index (κ2) is 13.0. The summed E-state index contributed by atoms with van der Waals surface area (Å²) in [4.78, 5) is 52.6. The van der Waals surface area contributed by atoms with Gasteiger partial charge in [-0.1, -0.05) is 85.6 Å². The van der Waals surface area contributed by atoms with Gasteiger partial charge in [-0.05, 0) is 134 Å². The lowest BCUT2D eigenvalue weighted by atomic mass is 9.33. The maximum atomic E-state index is 14.0. The number of fused-ring (bicyclic) bond motifs is 7. The van der Waals surface area contributed by atoms with Crippen molar-refractivity contribution < 1.29 is 29.0 Å². The van der Waals surface area contributed by atoms with Crippen LogP contribution in [0, 0.1) is 74.9 Å². The van der Waals surface area contributed by atoms with Gasteiger partial charge in [-0.25, -0.2) is 0 Å². The Kier molecular flexibility index (Phi) is 9.49. The molecule has 5 fully saturated rings. The lowest BCUT2D eigenvalue weighted by Gasteiger charge is -2.72. The molecule has 2 N–H and O–H groups in total. The van der Waals surface area contributed by atoms with Gasteiger partial charge in [0.2, 0.25) is 0 Å². The molecule has 296 valence electrons. The molecule has 10 atom stereocenters. The van der Waals surface area contributed by atoms with Crippen LogP contribution in [0.15, 0.2) is 35.4 Å². The van der Waals surface area contributed by atoms with Gasteiger partial charge in [0.15, 0.2) is 5.78 Å². The number of allylic oxidation sites excluding steroid dienone is 2. The number of benzene rings is 1. The van der Waals surface area contributed by atoms with Crippen LogP contribution in [-0.4, -0.2) is 41.4 Å². The van der Waals surface area contributed by atoms with E-state index in [4.69, 9.17) is 4.74 Å². The van der Waals surface area contributed by atoms with E-state index < -0.39 is 17.3 Å². The van der Waals surface area contributed by atoms with Crippen molar-refractivity contribution in [3.05, 3.63) is 46.5 Å². The predicted octanol–water partition coefficient (Wildman–Crippen LogP) is 9.75. The number of nitrogens with one attached hydrogen (secondary N) is 1. The van der Waals surface area contributed by atoms with E-state index in [2.05, 4.69) is 53.8 Å². The largest absolute Gasteiger partial charge is 0.481 e. The molecule has 1 amide bonds. The molecule has 54 heavy (non-hydrogen) atoms. The van der Waals surface area contributed by atoms with Gasteiger partial charge in [-0.15, -0.1) is 0 Å². The number of hydrogen-bond donors (Lipinski definition) is 2. The standard InChI is InChI=1S/C47H67NO6/c1-27(2)37-33(49)26-47(23-24-48-39(50)29-13-11-28(3)12-14-29)22-21-45(9)30(38(37)47)15-16-35-44(8)19-18-36(43(6,7)34(44)17-20-46(35,45)10)54-41(53)32-25-31(40(51)52)42(32,4)5/h11-14,27,30-32,34-36H,15-26H2,1-10H3,(H,48,50)(H,51,52)/t30-,31+,32-,34+,35-,36+,44+,45-,46-,47-/m1/s1. The highest BCUT2D eigenvalue weighted by Gasteiger charge is 2.70. The van der Waals surface area contributed by atoms with E-state index in [-0.39, 0.29) is 56.9 Å². The summed E-state index contributed by atoms with van der Waals surface area (Å²) in [5.41, 5.74) is 3.64. The summed E-state index contributed by atoms with van der Waals surface area (Å²) >= 11 is 0. The number of amides is 1. The van der Waals surface area contributed by atoms with Gasteiger partial charge in [-0.3, -0.25) is 19.2 Å². The van der Waals surface area contributed by atoms with Crippen molar-refractivity contribution >= 4 is 23.6 Å². The number of ketones is 1. The molecule has 0 radical (unpaired) electrons. The molecule has 7 nitrogen and oxygen atoms in total. The molecule has 6 aliphatic carbocycles. The Bertz CT molecular complexity index is 1750. The number of aryl methyl sites for hydroxylation is 1. The fourth-order valence-corrected chi connectivity index (χ4v) is 14.4. The molecule has 7 heteroatoms. The van der Waals surface area contributed by atoms with Crippen molar-refractivity contribution in [2.45, 2.75) is 146 Å². The van der Waals surface area contributed by atoms with Crippen molar-refractivity contribution in [3.63, 3.8) is 0 Å². The Morgan fingerprint density at radius 1 is 0.833 bits per heavy atom. The molecule has 0 saturated heterocycles. The van der Waals surface area contributed by atoms with Crippen LogP contribution in [0.4, 0.5) is 0 Å². The molecule has 0 unspecified atom stereocenters. The van der Waals surface area contributed by atoms with E-state index in [0.29, 0.717) is 48.5 Å². The van der Waals surface area contributed by atoms with E-state index >= 15 is 0 Å². The fourth-order valence-electron chi connectivity index (χ4n) is 14.4. The minimum absolute atomic E-state index is 0.0462. The number of Topliss-reactive ketones (excluding diaryl/α,β-unsaturated/α-hetero) is 1. The average Bonchev–Trinajstić information content (AvgIpc) is 3.38. The molecule has 0 heterocycles. The lowest BCUT2D eigenvalue weighted by molar-refractivity contribution is -0.236. The van der Waals surface area contributed by atoms with Crippen LogP contribution in [0.3, 0.4) is 0 Å². The number of rotatable bonds is 8. The number of hydrogen-bond acceptors (Lipinski definition) is 5. The van der Waals surface area contributed by atoms with E-state index in [1.165, 1.54) is 5.57 Å². The van der Waals surface area contributed by atoms with Crippen molar-refractivity contribution in [3.8, 4) is 0 Å². The van der Waals surface area contributed by atoms with Crippen molar-refractivity contribution in [2.24, 2.45) is 68.0 Å². The van der Waals surface area contributed by atoms with Gasteiger partial charge in [0, 0.05) is 29.4 Å². The molecule has 0 spiro atoms. The van der Waals surface area contributed by atoms with Crippen LogP contribution in [0.2, 0.25) is 0 Å². The SMILES string of the molecule is Cc1ccc(C(=O)NCC[C@@]23CC[C@]4(C)[C@H](CC[C@@H]5[C@@]6(C)CC[C@H](OC(=O)[C@H]7C[C@@H](C(=O)O)C7(C)C)C(C)(C)[C@@H]6CC[C@]54C)C2=C(C(C)C)C(=O)C3)cc1. The third kappa shape index (κ3) is 5.61. The third-order valence-corrected chi connectivity index (χ3v) is 17.8. The van der Waals surface area contributed by atoms with Crippen LogP contribution in [0.5, 0.6) is 0 Å². The maximum Gasteiger partial charge on any atom is 0.309 e. The van der Waals surface area contributed by atoms with Gasteiger partial charge in [-0.2, -0.15) is 0 Å². The Hall–Kier alpha value is -2.96. The van der Waals surface area contributed by atoms with Crippen LogP contribution < -0.4 is 5.32 Å². The summed E-state index contributed by atoms with van der Waals surface area (Å²) < 4.78 is 6.42. The van der Waals surface area contributed by atoms with Crippen LogP contribution in [0.25, 0.3) is 0 Å². The molecule has 5 saturated carbocycles. The normalized spacial score (nSPS) is 40.5. The number of carbonyl (C=O) groups excluding carboxylic acids is 3. The smallest absolute Gasteiger partial charge is 0.309 e. The van der Waals surface area contributed by atoms with Crippen molar-refractivity contribution in [1.29, 1.82) is 0 Å². The highest BCUT2D eigenvalue weighted by molar-refractivity contribution is 6.00. The summed E-state index contributed by atoms with van der Waals surface area (Å²) in [5.74, 6) is -0.156. The number of carbonyl (C=O) groups is 4. The quantitative estimate of drug-likeness (QED) is 0.257. The number of esters is 1. The zero-order chi connectivity index (χ0) is 39.4. The first-order valence-corrected chi connectivity index (χ1v) is 21.2. The van der Waals surface area contributed by atoms with Gasteiger partial charge in [0.05, 0.1) is 11.8 Å². The zero-order valence-electron chi connectivity index (χ0n) is 34.8. The first kappa shape index (κ1) is 39.3. The highest BCUT2D eigenvalue weighted by atomic mass is 16.5. The fraction of sp³-hybridized carbons (Fsp3) is 0.745. The van der Waals surface area contributed by atoms with Crippen LogP contribution in [-0.2, 0) is 19.1 Å². The second-order valence-electron chi connectivity index (χ2n) is 21.1. The first-order chi connectivity index (χ1) is 25.1. The van der Waals surface area contributed by atoms with Gasteiger partial charge >= 0.3 is 11.9 Å². The number of aliphatic carboxylic acids is 1. The summed E-state index contributed by atoms with van der Waals surface area (Å²) in [6, 6.07) is 7.73. The van der Waals surface area contributed by atoms with Gasteiger partial charge < -0.3 is 15.2 Å². The molecule has 0 bridgehead atoms. The highest BCUT2D eigenvalue weighted by Crippen LogP contribution is 2.77. The number of carboxylic acids is 1. The summed E-state index contributed by atoms with van der Waals surface area (Å²) in [6.07, 6.45) is 9.96. The van der Waals surface area contributed by atoms with E-state index in [1.54, 1.807) is 0 Å². The molecular weight excluding hydrogens is 675 g/mol. The first-order valence-electron chi connectivity index (χ1n) is 21.2. The number of carboxylic acid groups (broad SMARTS) is 1. The Balaban J connectivity index is 1.12. The minimum atomic E-state index is -0.825. The molecule has 6 aliphatic rings. The average molecular weight is 742 g/mol. The molecule has 1 aromatic carbocycles. The summed E-state index contributed by atoms with van der Waals surface area (Å²) in [5, 5.41) is 12.9. The predicted molar refractivity (Wildman–Crippen MR) is 210 cm³/mol. The van der Waals surface area contributed by atoms with Crippen molar-refractivity contribution in [1.82, 2.24) is 5.32 Å². The summed E-state index contributed by atoms with van der Waals surface area (Å²) in [6.45, 7) is 23.2. The monoisotopic (exact) mass is 741 g/mol. The van der Waals surface area contributed by atoms with E-state index in [0.717, 1.165) is 68.9 Å². The maximum absolute atomic E-state index is 14.0. The Morgan fingerprint density at radius 3 is 2.15 bits per heavy atom. The Labute approximate surface area is 324 Å². The molecule has 0 aliphatic heterocycles. The molecule has 1 aromatic rings. The van der Waals surface area contributed by atoms with Crippen LogP contribution in [0.1, 0.15) is 149 Å².